The van der Waals surface area contributed by atoms with Gasteiger partial charge in [-0.1, -0.05) is 19.1 Å². The lowest BCUT2D eigenvalue weighted by Crippen LogP contribution is -2.20. The predicted octanol–water partition coefficient (Wildman–Crippen LogP) is 2.31. The Morgan fingerprint density at radius 2 is 2.25 bits per heavy atom. The van der Waals surface area contributed by atoms with Gasteiger partial charge in [0.05, 0.1) is 11.5 Å². The number of hydrogen-bond donors (Lipinski definition) is 1. The number of nitrogens with one attached hydrogen (secondary N) is 1. The molecule has 0 bridgehead atoms. The SMILES string of the molecule is CCCNC(C)c1cccc(OC2CCS(=O)(=O)C2)c1. The summed E-state index contributed by atoms with van der Waals surface area (Å²) < 4.78 is 28.7. The average molecular weight is 297 g/mol. The molecule has 2 atom stereocenters. The molecule has 2 unspecified atom stereocenters. The summed E-state index contributed by atoms with van der Waals surface area (Å²) in [5.41, 5.74) is 1.16. The molecule has 0 saturated carbocycles. The Bertz CT molecular complexity index is 542. The maximum Gasteiger partial charge on any atom is 0.154 e. The fourth-order valence-corrected chi connectivity index (χ4v) is 3.97. The van der Waals surface area contributed by atoms with Crippen LogP contribution in [0, 0.1) is 0 Å². The highest BCUT2D eigenvalue weighted by atomic mass is 32.2. The van der Waals surface area contributed by atoms with E-state index >= 15 is 0 Å². The summed E-state index contributed by atoms with van der Waals surface area (Å²) >= 11 is 0. The highest BCUT2D eigenvalue weighted by Crippen LogP contribution is 2.23. The highest BCUT2D eigenvalue weighted by Gasteiger charge is 2.29. The van der Waals surface area contributed by atoms with Gasteiger partial charge in [-0.2, -0.15) is 0 Å². The third-order valence-corrected chi connectivity index (χ3v) is 5.29. The van der Waals surface area contributed by atoms with Crippen molar-refractivity contribution in [1.29, 1.82) is 0 Å². The van der Waals surface area contributed by atoms with E-state index < -0.39 is 9.84 Å². The van der Waals surface area contributed by atoms with Gasteiger partial charge >= 0.3 is 0 Å². The molecule has 4 nitrogen and oxygen atoms in total. The predicted molar refractivity (Wildman–Crippen MR) is 80.8 cm³/mol. The van der Waals surface area contributed by atoms with Crippen molar-refractivity contribution in [3.8, 4) is 5.75 Å². The minimum absolute atomic E-state index is 0.140. The third kappa shape index (κ3) is 4.21. The van der Waals surface area contributed by atoms with Gasteiger partial charge < -0.3 is 10.1 Å². The second-order valence-corrected chi connectivity index (χ2v) is 7.62. The first-order chi connectivity index (χ1) is 9.50. The van der Waals surface area contributed by atoms with Gasteiger partial charge in [-0.25, -0.2) is 8.42 Å². The van der Waals surface area contributed by atoms with Crippen LogP contribution < -0.4 is 10.1 Å². The number of hydrogen-bond acceptors (Lipinski definition) is 4. The van der Waals surface area contributed by atoms with Crippen molar-refractivity contribution in [2.45, 2.75) is 38.8 Å². The average Bonchev–Trinajstić information content (AvgIpc) is 2.75. The number of ether oxygens (including phenoxy) is 1. The van der Waals surface area contributed by atoms with E-state index in [0.717, 1.165) is 24.3 Å². The van der Waals surface area contributed by atoms with Gasteiger partial charge in [0.2, 0.25) is 0 Å². The van der Waals surface area contributed by atoms with Crippen LogP contribution in [0.3, 0.4) is 0 Å². The van der Waals surface area contributed by atoms with Crippen molar-refractivity contribution in [1.82, 2.24) is 5.32 Å². The maximum atomic E-state index is 11.4. The van der Waals surface area contributed by atoms with E-state index in [0.29, 0.717) is 6.42 Å². The zero-order chi connectivity index (χ0) is 14.6. The Morgan fingerprint density at radius 3 is 2.90 bits per heavy atom. The van der Waals surface area contributed by atoms with Crippen molar-refractivity contribution < 1.29 is 13.2 Å². The molecular weight excluding hydrogens is 274 g/mol. The molecule has 1 aliphatic heterocycles. The molecule has 0 amide bonds. The molecule has 1 aromatic carbocycles. The van der Waals surface area contributed by atoms with Crippen LogP contribution in [0.5, 0.6) is 5.75 Å². The summed E-state index contributed by atoms with van der Waals surface area (Å²) in [4.78, 5) is 0. The van der Waals surface area contributed by atoms with Crippen molar-refractivity contribution in [2.75, 3.05) is 18.1 Å². The molecule has 20 heavy (non-hydrogen) atoms. The molecule has 2 rings (SSSR count). The first-order valence-corrected chi connectivity index (χ1v) is 9.03. The van der Waals surface area contributed by atoms with Crippen LogP contribution in [0.25, 0.3) is 0 Å². The zero-order valence-electron chi connectivity index (χ0n) is 12.1. The van der Waals surface area contributed by atoms with Crippen LogP contribution >= 0.6 is 0 Å². The van der Waals surface area contributed by atoms with Gasteiger partial charge in [-0.05, 0) is 44.0 Å². The van der Waals surface area contributed by atoms with Crippen molar-refractivity contribution in [2.24, 2.45) is 0 Å². The van der Waals surface area contributed by atoms with Gasteiger partial charge in [-0.3, -0.25) is 0 Å². The first kappa shape index (κ1) is 15.3. The first-order valence-electron chi connectivity index (χ1n) is 7.20. The quantitative estimate of drug-likeness (QED) is 0.875. The highest BCUT2D eigenvalue weighted by molar-refractivity contribution is 7.91. The van der Waals surface area contributed by atoms with E-state index in [-0.39, 0.29) is 23.7 Å². The minimum Gasteiger partial charge on any atom is -0.489 e. The molecule has 1 fully saturated rings. The summed E-state index contributed by atoms with van der Waals surface area (Å²) in [6.07, 6.45) is 1.49. The van der Waals surface area contributed by atoms with Crippen LogP contribution in [0.2, 0.25) is 0 Å². The fourth-order valence-electron chi connectivity index (χ4n) is 2.38. The van der Waals surface area contributed by atoms with Gasteiger partial charge in [0, 0.05) is 6.04 Å². The Labute approximate surface area is 121 Å². The zero-order valence-corrected chi connectivity index (χ0v) is 12.9. The van der Waals surface area contributed by atoms with Gasteiger partial charge in [0.15, 0.2) is 9.84 Å². The Balaban J connectivity index is 1.99. The second-order valence-electron chi connectivity index (χ2n) is 5.39. The summed E-state index contributed by atoms with van der Waals surface area (Å²) in [5.74, 6) is 1.14. The van der Waals surface area contributed by atoms with E-state index in [2.05, 4.69) is 25.2 Å². The Kier molecular flexibility index (Phi) is 5.05. The molecular formula is C15H23NO3S. The summed E-state index contributed by atoms with van der Waals surface area (Å²) in [6.45, 7) is 5.24. The lowest BCUT2D eigenvalue weighted by molar-refractivity contribution is 0.228. The molecule has 0 aromatic heterocycles. The second kappa shape index (κ2) is 6.59. The third-order valence-electron chi connectivity index (χ3n) is 3.55. The molecule has 1 N–H and O–H groups in total. The molecule has 1 saturated heterocycles. The molecule has 0 spiro atoms. The Morgan fingerprint density at radius 1 is 1.45 bits per heavy atom. The fraction of sp³-hybridized carbons (Fsp3) is 0.600. The summed E-state index contributed by atoms with van der Waals surface area (Å²) in [5, 5.41) is 3.43. The van der Waals surface area contributed by atoms with E-state index in [1.807, 2.05) is 18.2 Å². The van der Waals surface area contributed by atoms with E-state index in [9.17, 15) is 8.42 Å². The van der Waals surface area contributed by atoms with Gasteiger partial charge in [0.25, 0.3) is 0 Å². The monoisotopic (exact) mass is 297 g/mol. The number of rotatable bonds is 6. The van der Waals surface area contributed by atoms with E-state index in [1.54, 1.807) is 0 Å². The Hall–Kier alpha value is -1.07. The maximum absolute atomic E-state index is 11.4. The molecule has 5 heteroatoms. The van der Waals surface area contributed by atoms with Gasteiger partial charge in [-0.15, -0.1) is 0 Å². The minimum atomic E-state index is -2.89. The van der Waals surface area contributed by atoms with Crippen molar-refractivity contribution >= 4 is 9.84 Å². The molecule has 1 heterocycles. The largest absolute Gasteiger partial charge is 0.489 e. The molecule has 1 aliphatic rings. The topological polar surface area (TPSA) is 55.4 Å². The number of benzene rings is 1. The van der Waals surface area contributed by atoms with Crippen LogP contribution in [0.4, 0.5) is 0 Å². The molecule has 1 aromatic rings. The normalized spacial score (nSPS) is 22.6. The van der Waals surface area contributed by atoms with Crippen LogP contribution in [0.15, 0.2) is 24.3 Å². The molecule has 0 radical (unpaired) electrons. The van der Waals surface area contributed by atoms with Crippen LogP contribution in [0.1, 0.15) is 38.3 Å². The number of sulfone groups is 1. The van der Waals surface area contributed by atoms with Crippen molar-refractivity contribution in [3.05, 3.63) is 29.8 Å². The van der Waals surface area contributed by atoms with Crippen LogP contribution in [-0.4, -0.2) is 32.6 Å². The lowest BCUT2D eigenvalue weighted by atomic mass is 10.1. The van der Waals surface area contributed by atoms with Crippen LogP contribution in [-0.2, 0) is 9.84 Å². The standard InChI is InChI=1S/C15H23NO3S/c1-3-8-16-12(2)13-5-4-6-14(10-13)19-15-7-9-20(17,18)11-15/h4-6,10,12,15-16H,3,7-9,11H2,1-2H3. The van der Waals surface area contributed by atoms with Crippen molar-refractivity contribution in [3.63, 3.8) is 0 Å². The van der Waals surface area contributed by atoms with E-state index in [4.69, 9.17) is 4.74 Å². The molecule has 112 valence electrons. The molecule has 0 aliphatic carbocycles. The summed E-state index contributed by atoms with van der Waals surface area (Å²) in [7, 11) is -2.89. The smallest absolute Gasteiger partial charge is 0.154 e. The lowest BCUT2D eigenvalue weighted by Gasteiger charge is -2.16. The van der Waals surface area contributed by atoms with Gasteiger partial charge in [0.1, 0.15) is 11.9 Å². The summed E-state index contributed by atoms with van der Waals surface area (Å²) in [6, 6.07) is 8.18. The van der Waals surface area contributed by atoms with E-state index in [1.165, 1.54) is 0 Å².